The number of ketones is 1. The fourth-order valence-corrected chi connectivity index (χ4v) is 4.40. The van der Waals surface area contributed by atoms with E-state index >= 15 is 0 Å². The van der Waals surface area contributed by atoms with Crippen LogP contribution in [0.1, 0.15) is 61.9 Å². The number of hydrogen-bond donors (Lipinski definition) is 1. The topological polar surface area (TPSA) is 55.4 Å². The Morgan fingerprint density at radius 1 is 0.730 bits per heavy atom. The third-order valence-corrected chi connectivity index (χ3v) is 6.67. The molecule has 0 bridgehead atoms. The van der Waals surface area contributed by atoms with Crippen molar-refractivity contribution in [2.45, 2.75) is 47.3 Å². The monoisotopic (exact) mass is 491 g/mol. The minimum Gasteiger partial charge on any atom is -0.457 e. The lowest BCUT2D eigenvalue weighted by Gasteiger charge is -2.15. The number of aryl methyl sites for hydroxylation is 3. The van der Waals surface area contributed by atoms with Gasteiger partial charge in [0.05, 0.1) is 5.56 Å². The number of anilines is 1. The molecule has 0 spiro atoms. The van der Waals surface area contributed by atoms with E-state index in [1.165, 1.54) is 5.56 Å². The maximum Gasteiger partial charge on any atom is 0.338 e. The van der Waals surface area contributed by atoms with Gasteiger partial charge in [0.15, 0.2) is 5.78 Å². The van der Waals surface area contributed by atoms with Gasteiger partial charge in [-0.1, -0.05) is 61.5 Å². The van der Waals surface area contributed by atoms with E-state index in [0.29, 0.717) is 18.5 Å². The predicted octanol–water partition coefficient (Wildman–Crippen LogP) is 7.84. The minimum absolute atomic E-state index is 0.164. The van der Waals surface area contributed by atoms with Gasteiger partial charge in [-0.3, -0.25) is 4.79 Å². The Morgan fingerprint density at radius 3 is 2.22 bits per heavy atom. The van der Waals surface area contributed by atoms with Crippen LogP contribution in [-0.4, -0.2) is 11.8 Å². The molecule has 37 heavy (non-hydrogen) atoms. The molecule has 4 aromatic rings. The van der Waals surface area contributed by atoms with Crippen molar-refractivity contribution >= 4 is 17.4 Å². The second kappa shape index (κ2) is 11.7. The molecule has 0 atom stereocenters. The van der Waals surface area contributed by atoms with Gasteiger partial charge in [-0.2, -0.15) is 0 Å². The Hall–Kier alpha value is -4.18. The predicted molar refractivity (Wildman–Crippen MR) is 150 cm³/mol. The van der Waals surface area contributed by atoms with E-state index in [1.54, 1.807) is 12.1 Å². The van der Waals surface area contributed by atoms with Gasteiger partial charge in [-0.05, 0) is 90.0 Å². The van der Waals surface area contributed by atoms with Crippen molar-refractivity contribution in [1.82, 2.24) is 0 Å². The normalized spacial score (nSPS) is 10.7. The summed E-state index contributed by atoms with van der Waals surface area (Å²) in [5.41, 5.74) is 10.2. The van der Waals surface area contributed by atoms with Gasteiger partial charge in [0.1, 0.15) is 6.61 Å². The second-order valence-electron chi connectivity index (χ2n) is 9.39. The molecule has 0 fully saturated rings. The molecule has 1 N–H and O–H groups in total. The number of Topliss-reactive ketones (excluding diaryl/α,β-unsaturated/α-hetero) is 1. The first-order chi connectivity index (χ1) is 17.9. The molecule has 0 aromatic heterocycles. The number of benzene rings is 4. The number of rotatable bonds is 9. The Labute approximate surface area is 219 Å². The Morgan fingerprint density at radius 2 is 1.51 bits per heavy atom. The summed E-state index contributed by atoms with van der Waals surface area (Å²) in [6, 6.07) is 27.6. The number of nitrogens with one attached hydrogen (secondary N) is 1. The fourth-order valence-electron chi connectivity index (χ4n) is 4.40. The third-order valence-electron chi connectivity index (χ3n) is 6.67. The summed E-state index contributed by atoms with van der Waals surface area (Å²) < 4.78 is 5.49. The van der Waals surface area contributed by atoms with Gasteiger partial charge < -0.3 is 10.1 Å². The van der Waals surface area contributed by atoms with Crippen LogP contribution in [0.15, 0.2) is 84.9 Å². The average molecular weight is 492 g/mol. The summed E-state index contributed by atoms with van der Waals surface area (Å²) in [7, 11) is 0. The molecule has 4 nitrogen and oxygen atoms in total. The molecule has 0 aliphatic carbocycles. The van der Waals surface area contributed by atoms with Crippen molar-refractivity contribution in [1.29, 1.82) is 0 Å². The first-order valence-electron chi connectivity index (χ1n) is 12.6. The van der Waals surface area contributed by atoms with Crippen molar-refractivity contribution in [3.8, 4) is 11.1 Å². The lowest BCUT2D eigenvalue weighted by atomic mass is 9.93. The molecule has 4 aromatic carbocycles. The van der Waals surface area contributed by atoms with E-state index in [0.717, 1.165) is 44.6 Å². The zero-order valence-corrected chi connectivity index (χ0v) is 21.9. The first kappa shape index (κ1) is 25.9. The molecule has 0 aliphatic rings. The van der Waals surface area contributed by atoms with Crippen LogP contribution < -0.4 is 5.32 Å². The van der Waals surface area contributed by atoms with Crippen LogP contribution >= 0.6 is 0 Å². The molecule has 0 radical (unpaired) electrons. The minimum atomic E-state index is -0.317. The van der Waals surface area contributed by atoms with Crippen LogP contribution in [-0.2, 0) is 17.9 Å². The van der Waals surface area contributed by atoms with E-state index in [4.69, 9.17) is 4.74 Å². The molecule has 0 saturated carbocycles. The Kier molecular flexibility index (Phi) is 8.19. The maximum absolute atomic E-state index is 12.2. The molecule has 4 heteroatoms. The smallest absolute Gasteiger partial charge is 0.338 e. The van der Waals surface area contributed by atoms with E-state index in [-0.39, 0.29) is 18.4 Å². The van der Waals surface area contributed by atoms with Gasteiger partial charge in [0.2, 0.25) is 0 Å². The molecular formula is C33H33NO3. The number of esters is 1. The van der Waals surface area contributed by atoms with Gasteiger partial charge >= 0.3 is 5.97 Å². The zero-order valence-electron chi connectivity index (χ0n) is 21.9. The van der Waals surface area contributed by atoms with Crippen molar-refractivity contribution < 1.29 is 14.3 Å². The zero-order chi connectivity index (χ0) is 26.4. The second-order valence-corrected chi connectivity index (χ2v) is 9.39. The molecule has 0 aliphatic heterocycles. The van der Waals surface area contributed by atoms with Crippen molar-refractivity contribution in [2.75, 3.05) is 5.32 Å². The van der Waals surface area contributed by atoms with Crippen LogP contribution in [0.4, 0.5) is 5.69 Å². The number of carbonyl (C=O) groups is 2. The third kappa shape index (κ3) is 6.34. The van der Waals surface area contributed by atoms with Crippen molar-refractivity contribution in [3.05, 3.63) is 124 Å². The molecule has 0 saturated heterocycles. The molecule has 0 unspecified atom stereocenters. The summed E-state index contributed by atoms with van der Waals surface area (Å²) in [6.07, 6.45) is 0.510. The van der Waals surface area contributed by atoms with Gasteiger partial charge in [-0.25, -0.2) is 4.79 Å². The fraction of sp³-hybridized carbons (Fsp3) is 0.212. The SMILES string of the molecule is CCC(=O)c1ccc(-c2cc(NCc3ccc(COC(=O)c4ccccc4)c(C)c3)ccc2C)c(C)c1. The summed E-state index contributed by atoms with van der Waals surface area (Å²) >= 11 is 0. The number of hydrogen-bond acceptors (Lipinski definition) is 4. The van der Waals surface area contributed by atoms with Gasteiger partial charge in [-0.15, -0.1) is 0 Å². The van der Waals surface area contributed by atoms with Crippen LogP contribution in [0, 0.1) is 20.8 Å². The van der Waals surface area contributed by atoms with E-state index in [9.17, 15) is 9.59 Å². The molecule has 0 heterocycles. The lowest BCUT2D eigenvalue weighted by molar-refractivity contribution is 0.0472. The van der Waals surface area contributed by atoms with Crippen LogP contribution in [0.3, 0.4) is 0 Å². The summed E-state index contributed by atoms with van der Waals surface area (Å²) in [5.74, 6) is -0.153. The highest BCUT2D eigenvalue weighted by molar-refractivity contribution is 5.96. The van der Waals surface area contributed by atoms with Crippen LogP contribution in [0.5, 0.6) is 0 Å². The average Bonchev–Trinajstić information content (AvgIpc) is 2.92. The lowest BCUT2D eigenvalue weighted by Crippen LogP contribution is -2.06. The summed E-state index contributed by atoms with van der Waals surface area (Å²) in [4.78, 5) is 24.3. The Bertz CT molecular complexity index is 1420. The van der Waals surface area contributed by atoms with Crippen molar-refractivity contribution in [3.63, 3.8) is 0 Å². The van der Waals surface area contributed by atoms with Gasteiger partial charge in [0, 0.05) is 24.2 Å². The number of carbonyl (C=O) groups excluding carboxylic acids is 2. The summed E-state index contributed by atoms with van der Waals surface area (Å²) in [6.45, 7) is 9.02. The van der Waals surface area contributed by atoms with E-state index in [2.05, 4.69) is 55.6 Å². The van der Waals surface area contributed by atoms with E-state index < -0.39 is 0 Å². The largest absolute Gasteiger partial charge is 0.457 e. The summed E-state index contributed by atoms with van der Waals surface area (Å²) in [5, 5.41) is 3.54. The van der Waals surface area contributed by atoms with Gasteiger partial charge in [0.25, 0.3) is 0 Å². The molecular weight excluding hydrogens is 458 g/mol. The molecule has 188 valence electrons. The van der Waals surface area contributed by atoms with E-state index in [1.807, 2.05) is 50.2 Å². The highest BCUT2D eigenvalue weighted by atomic mass is 16.5. The first-order valence-corrected chi connectivity index (χ1v) is 12.6. The highest BCUT2D eigenvalue weighted by Crippen LogP contribution is 2.30. The van der Waals surface area contributed by atoms with Crippen molar-refractivity contribution in [2.24, 2.45) is 0 Å². The molecule has 4 rings (SSSR count). The Balaban J connectivity index is 1.42. The highest BCUT2D eigenvalue weighted by Gasteiger charge is 2.11. The van der Waals surface area contributed by atoms with Crippen LogP contribution in [0.25, 0.3) is 11.1 Å². The quantitative estimate of drug-likeness (QED) is 0.191. The number of ether oxygens (including phenoxy) is 1. The maximum atomic E-state index is 12.2. The molecule has 0 amide bonds. The standard InChI is InChI=1S/C33H33NO3/c1-5-32(35)27-14-16-30(24(4)18-27)31-19-29(15-11-22(31)2)34-20-25-12-13-28(23(3)17-25)21-37-33(36)26-9-7-6-8-10-26/h6-19,34H,5,20-21H2,1-4H3. The van der Waals surface area contributed by atoms with Crippen LogP contribution in [0.2, 0.25) is 0 Å².